The van der Waals surface area contributed by atoms with Gasteiger partial charge in [0.2, 0.25) is 15.7 Å². The minimum atomic E-state index is -3.70. The fourth-order valence-electron chi connectivity index (χ4n) is 3.21. The van der Waals surface area contributed by atoms with Gasteiger partial charge in [-0.25, -0.2) is 8.42 Å². The molecule has 2 aromatic carbocycles. The van der Waals surface area contributed by atoms with E-state index in [-0.39, 0.29) is 21.6 Å². The predicted molar refractivity (Wildman–Crippen MR) is 110 cm³/mol. The van der Waals surface area contributed by atoms with Gasteiger partial charge in [-0.05, 0) is 36.8 Å². The Hall–Kier alpha value is -1.96. The zero-order valence-electron chi connectivity index (χ0n) is 14.4. The van der Waals surface area contributed by atoms with Crippen LogP contribution in [0.15, 0.2) is 68.2 Å². The molecule has 0 saturated heterocycles. The Kier molecular flexibility index (Phi) is 4.70. The third-order valence-electron chi connectivity index (χ3n) is 4.65. The molecule has 1 N–H and O–H groups in total. The van der Waals surface area contributed by atoms with Crippen LogP contribution in [-0.4, -0.2) is 14.3 Å². The van der Waals surface area contributed by atoms with Gasteiger partial charge in [-0.2, -0.15) is 0 Å². The van der Waals surface area contributed by atoms with Crippen LogP contribution in [0.2, 0.25) is 0 Å². The van der Waals surface area contributed by atoms with Crippen LogP contribution in [0.25, 0.3) is 0 Å². The van der Waals surface area contributed by atoms with Crippen molar-refractivity contribution in [3.8, 4) is 0 Å². The highest BCUT2D eigenvalue weighted by Gasteiger charge is 2.34. The molecule has 0 bridgehead atoms. The zero-order chi connectivity index (χ0) is 19.2. The lowest BCUT2D eigenvalue weighted by atomic mass is 9.91. The second-order valence-electron chi connectivity index (χ2n) is 6.51. The van der Waals surface area contributed by atoms with Gasteiger partial charge in [-0.1, -0.05) is 45.8 Å². The predicted octanol–water partition coefficient (Wildman–Crippen LogP) is 5.13. The average Bonchev–Trinajstić information content (AvgIpc) is 3.06. The number of anilines is 1. The van der Waals surface area contributed by atoms with E-state index in [1.807, 2.05) is 31.2 Å². The Bertz CT molecular complexity index is 1120. The standard InChI is InChI=1S/C20H16BrNO3S2/c1-12-2-8-15(9-3-12)27(24,25)17-11-26-20-16(10-18(23)22-19(17)20)13-4-6-14(21)7-5-13/h2-9,11,16H,10H2,1H3,(H,22,23). The molecule has 0 saturated carbocycles. The quantitative estimate of drug-likeness (QED) is 0.587. The third-order valence-corrected chi connectivity index (χ3v) is 8.22. The van der Waals surface area contributed by atoms with E-state index < -0.39 is 9.84 Å². The maximum absolute atomic E-state index is 13.1. The van der Waals surface area contributed by atoms with Gasteiger partial charge < -0.3 is 5.32 Å². The Labute approximate surface area is 170 Å². The van der Waals surface area contributed by atoms with Gasteiger partial charge in [0.1, 0.15) is 4.90 Å². The van der Waals surface area contributed by atoms with Gasteiger partial charge in [-0.3, -0.25) is 4.79 Å². The molecule has 1 aliphatic rings. The summed E-state index contributed by atoms with van der Waals surface area (Å²) in [7, 11) is -3.70. The number of hydrogen-bond acceptors (Lipinski definition) is 4. The Morgan fingerprint density at radius 2 is 1.74 bits per heavy atom. The number of carbonyl (C=O) groups excluding carboxylic acids is 1. The summed E-state index contributed by atoms with van der Waals surface area (Å²) in [5.41, 5.74) is 2.41. The van der Waals surface area contributed by atoms with E-state index in [4.69, 9.17) is 0 Å². The summed E-state index contributed by atoms with van der Waals surface area (Å²) >= 11 is 4.80. The van der Waals surface area contributed by atoms with E-state index in [9.17, 15) is 13.2 Å². The first-order chi connectivity index (χ1) is 12.9. The molecule has 1 aromatic heterocycles. The number of fused-ring (bicyclic) bond motifs is 1. The Morgan fingerprint density at radius 3 is 2.41 bits per heavy atom. The van der Waals surface area contributed by atoms with E-state index in [2.05, 4.69) is 21.2 Å². The highest BCUT2D eigenvalue weighted by Crippen LogP contribution is 2.45. The van der Waals surface area contributed by atoms with Crippen molar-refractivity contribution in [3.63, 3.8) is 0 Å². The smallest absolute Gasteiger partial charge is 0.225 e. The summed E-state index contributed by atoms with van der Waals surface area (Å²) in [6.07, 6.45) is 0.305. The van der Waals surface area contributed by atoms with Gasteiger partial charge in [0.25, 0.3) is 0 Å². The number of aryl methyl sites for hydroxylation is 1. The van der Waals surface area contributed by atoms with Crippen LogP contribution in [0, 0.1) is 6.92 Å². The lowest BCUT2D eigenvalue weighted by Gasteiger charge is -2.23. The SMILES string of the molecule is Cc1ccc(S(=O)(=O)c2csc3c2NC(=O)CC3c2ccc(Br)cc2)cc1. The number of halogens is 1. The zero-order valence-corrected chi connectivity index (χ0v) is 17.6. The molecule has 0 spiro atoms. The fraction of sp³-hybridized carbons (Fsp3) is 0.150. The van der Waals surface area contributed by atoms with Crippen LogP contribution in [-0.2, 0) is 14.6 Å². The van der Waals surface area contributed by atoms with E-state index in [1.165, 1.54) is 11.3 Å². The fourth-order valence-corrected chi connectivity index (χ4v) is 6.38. The molecule has 138 valence electrons. The van der Waals surface area contributed by atoms with Crippen molar-refractivity contribution in [2.75, 3.05) is 5.32 Å². The normalized spacial score (nSPS) is 16.7. The summed E-state index contributed by atoms with van der Waals surface area (Å²) in [5.74, 6) is -0.317. The molecule has 0 radical (unpaired) electrons. The lowest BCUT2D eigenvalue weighted by molar-refractivity contribution is -0.116. The second-order valence-corrected chi connectivity index (χ2v) is 10.3. The van der Waals surface area contributed by atoms with Crippen LogP contribution in [0.1, 0.15) is 28.3 Å². The first-order valence-corrected chi connectivity index (χ1v) is 11.5. The van der Waals surface area contributed by atoms with Crippen LogP contribution >= 0.6 is 27.3 Å². The van der Waals surface area contributed by atoms with Crippen molar-refractivity contribution < 1.29 is 13.2 Å². The Balaban J connectivity index is 1.82. The highest BCUT2D eigenvalue weighted by atomic mass is 79.9. The molecule has 0 aliphatic carbocycles. The maximum Gasteiger partial charge on any atom is 0.225 e. The molecule has 0 fully saturated rings. The van der Waals surface area contributed by atoms with Crippen LogP contribution in [0.5, 0.6) is 0 Å². The molecule has 4 rings (SSSR count). The molecule has 4 nitrogen and oxygen atoms in total. The van der Waals surface area contributed by atoms with Crippen LogP contribution in [0.3, 0.4) is 0 Å². The van der Waals surface area contributed by atoms with Gasteiger partial charge in [0.05, 0.1) is 10.6 Å². The number of benzene rings is 2. The van der Waals surface area contributed by atoms with Crippen molar-refractivity contribution in [3.05, 3.63) is 74.4 Å². The summed E-state index contributed by atoms with van der Waals surface area (Å²) in [6, 6.07) is 14.5. The molecular weight excluding hydrogens is 446 g/mol. The molecule has 27 heavy (non-hydrogen) atoms. The van der Waals surface area contributed by atoms with Gasteiger partial charge in [0.15, 0.2) is 0 Å². The number of carbonyl (C=O) groups is 1. The first kappa shape index (κ1) is 18.4. The molecule has 1 aliphatic heterocycles. The number of thiophene rings is 1. The molecule has 1 amide bonds. The average molecular weight is 462 g/mol. The minimum Gasteiger partial charge on any atom is -0.324 e. The largest absolute Gasteiger partial charge is 0.324 e. The lowest BCUT2D eigenvalue weighted by Crippen LogP contribution is -2.23. The van der Waals surface area contributed by atoms with Gasteiger partial charge in [0, 0.05) is 27.1 Å². The molecule has 1 unspecified atom stereocenters. The molecule has 1 atom stereocenters. The number of nitrogens with one attached hydrogen (secondary N) is 1. The summed E-state index contributed by atoms with van der Waals surface area (Å²) in [6.45, 7) is 1.91. The Morgan fingerprint density at radius 1 is 1.07 bits per heavy atom. The van der Waals surface area contributed by atoms with E-state index in [0.717, 1.165) is 20.5 Å². The monoisotopic (exact) mass is 461 g/mol. The number of hydrogen-bond donors (Lipinski definition) is 1. The maximum atomic E-state index is 13.1. The van der Waals surface area contributed by atoms with Crippen molar-refractivity contribution in [1.82, 2.24) is 0 Å². The third kappa shape index (κ3) is 3.35. The van der Waals surface area contributed by atoms with E-state index in [0.29, 0.717) is 12.1 Å². The van der Waals surface area contributed by atoms with Crippen LogP contribution < -0.4 is 5.32 Å². The van der Waals surface area contributed by atoms with E-state index in [1.54, 1.807) is 29.6 Å². The number of rotatable bonds is 3. The highest BCUT2D eigenvalue weighted by molar-refractivity contribution is 9.10. The first-order valence-electron chi connectivity index (χ1n) is 8.35. The number of amides is 1. The molecule has 2 heterocycles. The summed E-state index contributed by atoms with van der Waals surface area (Å²) in [5, 5.41) is 4.43. The van der Waals surface area contributed by atoms with Crippen molar-refractivity contribution in [2.24, 2.45) is 0 Å². The minimum absolute atomic E-state index is 0.145. The molecule has 7 heteroatoms. The molecular formula is C20H16BrNO3S2. The number of sulfone groups is 1. The van der Waals surface area contributed by atoms with Gasteiger partial charge in [-0.15, -0.1) is 11.3 Å². The van der Waals surface area contributed by atoms with E-state index >= 15 is 0 Å². The molecule has 3 aromatic rings. The van der Waals surface area contributed by atoms with Crippen molar-refractivity contribution in [1.29, 1.82) is 0 Å². The summed E-state index contributed by atoms with van der Waals surface area (Å²) < 4.78 is 27.2. The van der Waals surface area contributed by atoms with Crippen molar-refractivity contribution in [2.45, 2.75) is 29.1 Å². The summed E-state index contributed by atoms with van der Waals surface area (Å²) in [4.78, 5) is 13.6. The topological polar surface area (TPSA) is 63.2 Å². The van der Waals surface area contributed by atoms with Crippen LogP contribution in [0.4, 0.5) is 5.69 Å². The van der Waals surface area contributed by atoms with Gasteiger partial charge >= 0.3 is 0 Å². The van der Waals surface area contributed by atoms with Crippen molar-refractivity contribution >= 4 is 48.7 Å². The second kappa shape index (κ2) is 6.89.